The van der Waals surface area contributed by atoms with Gasteiger partial charge in [0.1, 0.15) is 11.6 Å². The van der Waals surface area contributed by atoms with Crippen LogP contribution in [0.1, 0.15) is 46.0 Å². The lowest BCUT2D eigenvalue weighted by Gasteiger charge is -2.36. The summed E-state index contributed by atoms with van der Waals surface area (Å²) >= 11 is 5.40. The maximum atomic E-state index is 5.40. The molecule has 0 aliphatic carbocycles. The molecular formula is C20H34N6OS. The van der Waals surface area contributed by atoms with E-state index in [0.717, 1.165) is 37.2 Å². The van der Waals surface area contributed by atoms with Gasteiger partial charge >= 0.3 is 0 Å². The Bertz CT molecular complexity index is 650. The molecule has 2 saturated heterocycles. The SMILES string of the molecule is COCCNC(=S)Nc1nc(N2CCC(C)CC2)cc(N2CCCCC2C)n1. The first-order valence-electron chi connectivity index (χ1n) is 10.5. The Morgan fingerprint density at radius 3 is 2.61 bits per heavy atom. The molecule has 7 nitrogen and oxygen atoms in total. The number of piperidine rings is 2. The zero-order valence-corrected chi connectivity index (χ0v) is 18.2. The van der Waals surface area contributed by atoms with Crippen LogP contribution in [-0.4, -0.2) is 61.0 Å². The highest BCUT2D eigenvalue weighted by Crippen LogP contribution is 2.29. The van der Waals surface area contributed by atoms with Gasteiger partial charge in [-0.05, 0) is 57.2 Å². The number of nitrogens with one attached hydrogen (secondary N) is 2. The average Bonchev–Trinajstić information content (AvgIpc) is 2.69. The first-order valence-corrected chi connectivity index (χ1v) is 10.9. The van der Waals surface area contributed by atoms with E-state index in [2.05, 4.69) is 40.3 Å². The lowest BCUT2D eigenvalue weighted by atomic mass is 9.99. The predicted octanol–water partition coefficient (Wildman–Crippen LogP) is 3.02. The van der Waals surface area contributed by atoms with Gasteiger partial charge in [0.15, 0.2) is 5.11 Å². The number of hydrogen-bond acceptors (Lipinski definition) is 6. The van der Waals surface area contributed by atoms with E-state index in [-0.39, 0.29) is 0 Å². The van der Waals surface area contributed by atoms with Gasteiger partial charge in [0.2, 0.25) is 5.95 Å². The topological polar surface area (TPSA) is 65.6 Å². The second-order valence-corrected chi connectivity index (χ2v) is 8.40. The molecular weight excluding hydrogens is 372 g/mol. The van der Waals surface area contributed by atoms with E-state index in [0.29, 0.717) is 30.3 Å². The Balaban J connectivity index is 1.80. The predicted molar refractivity (Wildman–Crippen MR) is 119 cm³/mol. The van der Waals surface area contributed by atoms with Crippen LogP contribution < -0.4 is 20.4 Å². The van der Waals surface area contributed by atoms with Crippen LogP contribution in [-0.2, 0) is 4.74 Å². The van der Waals surface area contributed by atoms with Gasteiger partial charge in [0.05, 0.1) is 6.61 Å². The molecule has 2 aliphatic heterocycles. The molecule has 1 aromatic heterocycles. The molecule has 2 aliphatic rings. The van der Waals surface area contributed by atoms with Gasteiger partial charge in [-0.25, -0.2) is 0 Å². The molecule has 0 radical (unpaired) electrons. The van der Waals surface area contributed by atoms with Crippen molar-refractivity contribution in [1.29, 1.82) is 0 Å². The van der Waals surface area contributed by atoms with E-state index in [1.807, 2.05) is 0 Å². The van der Waals surface area contributed by atoms with Crippen LogP contribution in [0.4, 0.5) is 17.6 Å². The van der Waals surface area contributed by atoms with Crippen LogP contribution in [0.2, 0.25) is 0 Å². The smallest absolute Gasteiger partial charge is 0.232 e. The van der Waals surface area contributed by atoms with Crippen molar-refractivity contribution >= 4 is 34.9 Å². The number of methoxy groups -OCH3 is 1. The molecule has 1 atom stereocenters. The molecule has 0 saturated carbocycles. The van der Waals surface area contributed by atoms with Crippen LogP contribution >= 0.6 is 12.2 Å². The minimum atomic E-state index is 0.498. The molecule has 2 fully saturated rings. The van der Waals surface area contributed by atoms with Gasteiger partial charge in [0, 0.05) is 45.4 Å². The fraction of sp³-hybridized carbons (Fsp3) is 0.750. The van der Waals surface area contributed by atoms with Crippen molar-refractivity contribution < 1.29 is 4.74 Å². The fourth-order valence-corrected chi connectivity index (χ4v) is 4.07. The first kappa shape index (κ1) is 21.0. The van der Waals surface area contributed by atoms with Crippen molar-refractivity contribution in [3.05, 3.63) is 6.07 Å². The summed E-state index contributed by atoms with van der Waals surface area (Å²) in [4.78, 5) is 14.4. The summed E-state index contributed by atoms with van der Waals surface area (Å²) in [5.74, 6) is 3.35. The third kappa shape index (κ3) is 5.67. The molecule has 1 aromatic rings. The average molecular weight is 407 g/mol. The maximum Gasteiger partial charge on any atom is 0.232 e. The highest BCUT2D eigenvalue weighted by atomic mass is 32.1. The minimum absolute atomic E-state index is 0.498. The van der Waals surface area contributed by atoms with E-state index in [1.54, 1.807) is 7.11 Å². The third-order valence-corrected chi connectivity index (χ3v) is 5.97. The third-order valence-electron chi connectivity index (χ3n) is 5.72. The second-order valence-electron chi connectivity index (χ2n) is 7.99. The Kier molecular flexibility index (Phi) is 7.67. The van der Waals surface area contributed by atoms with Gasteiger partial charge in [-0.2, -0.15) is 9.97 Å². The zero-order valence-electron chi connectivity index (χ0n) is 17.4. The first-order chi connectivity index (χ1) is 13.6. The lowest BCUT2D eigenvalue weighted by Crippen LogP contribution is -2.39. The fourth-order valence-electron chi connectivity index (χ4n) is 3.88. The summed E-state index contributed by atoms with van der Waals surface area (Å²) in [5.41, 5.74) is 0. The van der Waals surface area contributed by atoms with E-state index >= 15 is 0 Å². The number of aromatic nitrogens is 2. The summed E-state index contributed by atoms with van der Waals surface area (Å²) in [6, 6.07) is 2.65. The number of nitrogens with zero attached hydrogens (tertiary/aromatic N) is 4. The molecule has 3 heterocycles. The van der Waals surface area contributed by atoms with Crippen molar-refractivity contribution in [2.45, 2.75) is 52.0 Å². The van der Waals surface area contributed by atoms with Gasteiger partial charge in [-0.3, -0.25) is 0 Å². The molecule has 28 heavy (non-hydrogen) atoms. The quantitative estimate of drug-likeness (QED) is 0.552. The molecule has 0 amide bonds. The molecule has 0 bridgehead atoms. The highest BCUT2D eigenvalue weighted by Gasteiger charge is 2.23. The summed E-state index contributed by atoms with van der Waals surface area (Å²) < 4.78 is 5.07. The Labute approximate surface area is 174 Å². The summed E-state index contributed by atoms with van der Waals surface area (Å²) in [6.07, 6.45) is 6.13. The molecule has 0 spiro atoms. The van der Waals surface area contributed by atoms with Gasteiger partial charge < -0.3 is 25.2 Å². The van der Waals surface area contributed by atoms with Crippen LogP contribution in [0, 0.1) is 5.92 Å². The number of thiocarbonyl (C=S) groups is 1. The number of rotatable bonds is 6. The van der Waals surface area contributed by atoms with E-state index < -0.39 is 0 Å². The van der Waals surface area contributed by atoms with Gasteiger partial charge in [-0.15, -0.1) is 0 Å². The van der Waals surface area contributed by atoms with Crippen LogP contribution in [0.25, 0.3) is 0 Å². The molecule has 3 rings (SSSR count). The lowest BCUT2D eigenvalue weighted by molar-refractivity contribution is 0.204. The number of anilines is 3. The number of hydrogen-bond donors (Lipinski definition) is 2. The largest absolute Gasteiger partial charge is 0.383 e. The summed E-state index contributed by atoms with van der Waals surface area (Å²) in [7, 11) is 1.68. The maximum absolute atomic E-state index is 5.40. The monoisotopic (exact) mass is 406 g/mol. The van der Waals surface area contributed by atoms with Crippen LogP contribution in [0.3, 0.4) is 0 Å². The highest BCUT2D eigenvalue weighted by molar-refractivity contribution is 7.80. The van der Waals surface area contributed by atoms with Crippen molar-refractivity contribution in [1.82, 2.24) is 15.3 Å². The Morgan fingerprint density at radius 2 is 1.89 bits per heavy atom. The Hall–Kier alpha value is -1.67. The number of ether oxygens (including phenoxy) is 1. The molecule has 1 unspecified atom stereocenters. The van der Waals surface area contributed by atoms with Gasteiger partial charge in [0.25, 0.3) is 0 Å². The van der Waals surface area contributed by atoms with Crippen molar-refractivity contribution in [2.24, 2.45) is 5.92 Å². The summed E-state index contributed by atoms with van der Waals surface area (Å²) in [6.45, 7) is 9.01. The van der Waals surface area contributed by atoms with Crippen LogP contribution in [0.15, 0.2) is 6.07 Å². The molecule has 0 aromatic carbocycles. The van der Waals surface area contributed by atoms with Crippen molar-refractivity contribution in [3.8, 4) is 0 Å². The molecule has 156 valence electrons. The van der Waals surface area contributed by atoms with Crippen LogP contribution in [0.5, 0.6) is 0 Å². The van der Waals surface area contributed by atoms with Crippen molar-refractivity contribution in [2.75, 3.05) is 55.0 Å². The zero-order chi connectivity index (χ0) is 19.9. The molecule has 8 heteroatoms. The second kappa shape index (κ2) is 10.2. The van der Waals surface area contributed by atoms with E-state index in [1.165, 1.54) is 32.1 Å². The molecule has 2 N–H and O–H groups in total. The van der Waals surface area contributed by atoms with Gasteiger partial charge in [-0.1, -0.05) is 6.92 Å². The summed E-state index contributed by atoms with van der Waals surface area (Å²) in [5, 5.41) is 6.83. The van der Waals surface area contributed by atoms with Crippen molar-refractivity contribution in [3.63, 3.8) is 0 Å². The minimum Gasteiger partial charge on any atom is -0.383 e. The van der Waals surface area contributed by atoms with E-state index in [9.17, 15) is 0 Å². The van der Waals surface area contributed by atoms with E-state index in [4.69, 9.17) is 26.9 Å². The Morgan fingerprint density at radius 1 is 1.14 bits per heavy atom. The standard InChI is InChI=1S/C20H34N6OS/c1-15-7-11-25(12-8-15)17-14-18(26-10-5-4-6-16(26)2)23-19(22-17)24-20(28)21-9-13-27-3/h14-16H,4-13H2,1-3H3,(H2,21,22,23,24,28). The normalized spacial score (nSPS) is 20.9.